The average molecular weight is 1300 g/mol. The normalized spacial score (nSPS) is 16.6. The fraction of sp³-hybridized carbons (Fsp3) is 0.460. The summed E-state index contributed by atoms with van der Waals surface area (Å²) in [6.45, 7) is -2.41. The molecular weight excluding hydrogens is 1230 g/mol. The number of rotatable bonds is 25. The molecule has 1 aliphatic heterocycles. The van der Waals surface area contributed by atoms with Gasteiger partial charge in [0, 0.05) is 82.2 Å². The van der Waals surface area contributed by atoms with Gasteiger partial charge in [-0.25, -0.2) is 15.3 Å². The molecule has 35 nitrogen and oxygen atoms in total. The number of ether oxygens (including phenoxy) is 2. The SMILES string of the molecule is CN1C(=O)[C@H](CCCCNC(=O)c2ccc(N=N)nc2)NC(=O)C(c2ccc(=O)[nH]c2)NC(=O)[C@H](CC(=O)O)NC(=O)CNC(=O)[C@@H]1CCCN=C(N)N.COC(=O)CC(NC(=O)c1ccncc1)C(=O)OC.O=C(O)CNC(CO)(CO)CO.[Tc]. The number of carbonyl (C=O) groups excluding carboxylic acids is 9. The van der Waals surface area contributed by atoms with E-state index in [1.807, 2.05) is 0 Å². The van der Waals surface area contributed by atoms with Crippen molar-refractivity contribution < 1.29 is 108 Å². The Balaban J connectivity index is 0.000000938. The minimum Gasteiger partial charge on any atom is -0.481 e. The number of methoxy groups -OCH3 is 2. The van der Waals surface area contributed by atoms with Gasteiger partial charge in [0.25, 0.3) is 11.8 Å². The molecular formula is C50H70N16O19Tc. The number of unbranched alkanes of at least 4 members (excludes halogenated alkanes) is 1. The molecule has 36 heteroatoms. The number of aliphatic hydroxyl groups is 3. The fourth-order valence-electron chi connectivity index (χ4n) is 7.24. The third kappa shape index (κ3) is 26.6. The number of nitrogens with zero attached hydrogens (tertiary/aromatic N) is 5. The first kappa shape index (κ1) is 74.8. The van der Waals surface area contributed by atoms with Crippen molar-refractivity contribution in [3.8, 4) is 0 Å². The summed E-state index contributed by atoms with van der Waals surface area (Å²) in [6, 6.07) is 1.29. The predicted octanol–water partition coefficient (Wildman–Crippen LogP) is -5.07. The van der Waals surface area contributed by atoms with Gasteiger partial charge in [-0.05, 0) is 62.4 Å². The first-order valence-corrected chi connectivity index (χ1v) is 25.5. The van der Waals surface area contributed by atoms with E-state index in [0.717, 1.165) is 17.2 Å². The second-order valence-electron chi connectivity index (χ2n) is 18.2. The van der Waals surface area contributed by atoms with Crippen LogP contribution in [0.1, 0.15) is 77.3 Å². The second kappa shape index (κ2) is 39.3. The number of guanidine groups is 1. The van der Waals surface area contributed by atoms with Gasteiger partial charge in [0.1, 0.15) is 30.2 Å². The Kier molecular flexibility index (Phi) is 34.2. The number of carboxylic acid groups (broad SMARTS) is 2. The van der Waals surface area contributed by atoms with Crippen molar-refractivity contribution in [3.63, 3.8) is 0 Å². The van der Waals surface area contributed by atoms with Crippen LogP contribution >= 0.6 is 0 Å². The van der Waals surface area contributed by atoms with Crippen LogP contribution in [0.25, 0.3) is 0 Å². The molecule has 0 spiro atoms. The van der Waals surface area contributed by atoms with E-state index in [0.29, 0.717) is 12.0 Å². The molecule has 0 aliphatic carbocycles. The number of aliphatic imine (C=N–C) groups is 1. The monoisotopic (exact) mass is 1300 g/mol. The molecule has 4 rings (SSSR count). The van der Waals surface area contributed by atoms with Crippen LogP contribution in [0.5, 0.6) is 0 Å². The Morgan fingerprint density at radius 2 is 1.49 bits per heavy atom. The van der Waals surface area contributed by atoms with Gasteiger partial charge in [0.05, 0.1) is 71.1 Å². The number of aromatic nitrogens is 3. The molecule has 1 fully saturated rings. The Hall–Kier alpha value is -9.22. The Morgan fingerprint density at radius 3 is 2.03 bits per heavy atom. The van der Waals surface area contributed by atoms with Gasteiger partial charge in [-0.2, -0.15) is 0 Å². The topological polar surface area (TPSA) is 554 Å². The third-order valence-electron chi connectivity index (χ3n) is 12.0. The smallest absolute Gasteiger partial charge is 0.328 e. The number of aliphatic carboxylic acids is 2. The van der Waals surface area contributed by atoms with Crippen LogP contribution in [0.2, 0.25) is 0 Å². The number of hydrogen-bond donors (Lipinski definition) is 16. The molecule has 0 saturated carbocycles. The van der Waals surface area contributed by atoms with Gasteiger partial charge in [0.2, 0.25) is 35.1 Å². The number of nitrogens with one attached hydrogen (secondary N) is 9. The largest absolute Gasteiger partial charge is 0.481 e. The molecule has 18 N–H and O–H groups in total. The zero-order chi connectivity index (χ0) is 63.6. The van der Waals surface area contributed by atoms with E-state index in [-0.39, 0.29) is 88.2 Å². The number of hydrogen-bond acceptors (Lipinski definition) is 23. The summed E-state index contributed by atoms with van der Waals surface area (Å²) in [5.41, 5.74) is 16.6. The number of amides is 7. The van der Waals surface area contributed by atoms with Crippen LogP contribution in [0.3, 0.4) is 0 Å². The molecule has 471 valence electrons. The predicted molar refractivity (Wildman–Crippen MR) is 293 cm³/mol. The van der Waals surface area contributed by atoms with E-state index >= 15 is 0 Å². The molecule has 0 bridgehead atoms. The quantitative estimate of drug-likeness (QED) is 0.0124. The van der Waals surface area contributed by atoms with Gasteiger partial charge in [-0.3, -0.25) is 68.0 Å². The van der Waals surface area contributed by atoms with Gasteiger partial charge in [-0.15, -0.1) is 5.11 Å². The summed E-state index contributed by atoms with van der Waals surface area (Å²) in [7, 11) is 3.70. The maximum atomic E-state index is 14.1. The number of esters is 2. The minimum absolute atomic E-state index is 0. The molecule has 86 heavy (non-hydrogen) atoms. The molecule has 1 saturated heterocycles. The summed E-state index contributed by atoms with van der Waals surface area (Å²) in [4.78, 5) is 163. The number of carbonyl (C=O) groups is 11. The maximum Gasteiger partial charge on any atom is 0.328 e. The van der Waals surface area contributed by atoms with Gasteiger partial charge in [-0.1, -0.05) is 0 Å². The minimum atomic E-state index is -1.69. The van der Waals surface area contributed by atoms with E-state index in [2.05, 4.69) is 71.7 Å². The average Bonchev–Trinajstić information content (AvgIpc) is 2.83. The van der Waals surface area contributed by atoms with Crippen molar-refractivity contribution >= 4 is 77.0 Å². The summed E-state index contributed by atoms with van der Waals surface area (Å²) in [5.74, 6) is -9.33. The molecule has 5 atom stereocenters. The first-order valence-electron chi connectivity index (χ1n) is 25.5. The van der Waals surface area contributed by atoms with Crippen molar-refractivity contribution in [1.82, 2.24) is 57.1 Å². The summed E-state index contributed by atoms with van der Waals surface area (Å²) in [6.07, 6.45) is 4.95. The Labute approximate surface area is 503 Å². The van der Waals surface area contributed by atoms with Crippen LogP contribution in [0, 0.1) is 5.53 Å². The molecule has 1 aliphatic rings. The molecule has 0 aromatic carbocycles. The van der Waals surface area contributed by atoms with E-state index < -0.39 is 146 Å². The van der Waals surface area contributed by atoms with E-state index in [1.54, 1.807) is 0 Å². The number of H-pyrrole nitrogens is 1. The third-order valence-corrected chi connectivity index (χ3v) is 12.0. The van der Waals surface area contributed by atoms with Crippen LogP contribution in [0.15, 0.2) is 76.1 Å². The Morgan fingerprint density at radius 1 is 0.814 bits per heavy atom. The number of aliphatic hydroxyl groups excluding tert-OH is 3. The Bertz CT molecular complexity index is 2830. The van der Waals surface area contributed by atoms with E-state index in [4.69, 9.17) is 37.4 Å². The van der Waals surface area contributed by atoms with Crippen molar-refractivity contribution in [3.05, 3.63) is 88.2 Å². The number of likely N-dealkylation sites (N-methyl/N-ethyl adjacent to an activating group) is 1. The van der Waals surface area contributed by atoms with Crippen LogP contribution in [-0.4, -0.2) is 214 Å². The standard InChI is InChI=1S/C32H43N13O9.C12H14N2O5.C6H13NO5.Tc/c1-45-21(6-4-12-37-32(33)34)29(52)40-16-24(47)41-20(13-25(48)49)28(51)43-26(17-8-10-23(46)39-14-17)30(53)42-19(31(45)54)5-2-3-11-36-27(50)18-7-9-22(44-35)38-15-18;1-18-10(15)7-9(12(17)19-2)14-11(16)8-3-5-13-6-4-8;8-2-6(3-9,4-10)7-1-5(11)12;/h7-10,14-15,19-21,26,35H,2-6,11-13,16H2,1H3,(H,36,50)(H,39,46)(H,40,52)(H,41,47)(H,42,53)(H,43,51)(H,48,49)(H4,33,34,37);3-6,9H,7H2,1-2H3,(H,14,16);7-10H,1-4H2,(H,11,12);/t19-,20-,21-,26?;;;/m0.../s1. The first-order chi connectivity index (χ1) is 40.4. The number of pyridine rings is 3. The van der Waals surface area contributed by atoms with Crippen molar-refractivity contribution in [2.45, 2.75) is 80.7 Å². The molecule has 2 unspecified atom stereocenters. The van der Waals surface area contributed by atoms with Crippen LogP contribution in [0.4, 0.5) is 5.82 Å². The molecule has 1 radical (unpaired) electrons. The molecule has 3 aromatic rings. The second-order valence-corrected chi connectivity index (χ2v) is 18.2. The zero-order valence-electron chi connectivity index (χ0n) is 46.8. The fourth-order valence-corrected chi connectivity index (χ4v) is 7.24. The molecule has 3 aromatic heterocycles. The van der Waals surface area contributed by atoms with E-state index in [1.165, 1.54) is 70.2 Å². The van der Waals surface area contributed by atoms with Crippen LogP contribution in [-0.2, 0) is 72.7 Å². The van der Waals surface area contributed by atoms with Gasteiger partial charge < -0.3 is 88.3 Å². The number of nitrogens with two attached hydrogens (primary N) is 2. The molecule has 7 amide bonds. The van der Waals surface area contributed by atoms with Gasteiger partial charge in [0.15, 0.2) is 11.8 Å². The van der Waals surface area contributed by atoms with Crippen LogP contribution < -0.4 is 54.2 Å². The zero-order valence-corrected chi connectivity index (χ0v) is 48.6. The molecule has 4 heterocycles. The van der Waals surface area contributed by atoms with Crippen molar-refractivity contribution in [2.24, 2.45) is 21.6 Å². The maximum absolute atomic E-state index is 14.1. The number of aromatic amines is 1. The summed E-state index contributed by atoms with van der Waals surface area (Å²) >= 11 is 0. The van der Waals surface area contributed by atoms with E-state index in [9.17, 15) is 62.6 Å². The van der Waals surface area contributed by atoms with Crippen molar-refractivity contribution in [1.29, 1.82) is 5.53 Å². The van der Waals surface area contributed by atoms with Gasteiger partial charge >= 0.3 is 23.9 Å². The number of carboxylic acids is 2. The summed E-state index contributed by atoms with van der Waals surface area (Å²) in [5, 5.41) is 64.2. The van der Waals surface area contributed by atoms with Crippen molar-refractivity contribution in [2.75, 3.05) is 67.3 Å². The summed E-state index contributed by atoms with van der Waals surface area (Å²) < 4.78 is 8.98.